The van der Waals surface area contributed by atoms with Crippen LogP contribution in [0, 0.1) is 5.41 Å². The normalized spacial score (nSPS) is 25.1. The van der Waals surface area contributed by atoms with Crippen molar-refractivity contribution in [1.82, 2.24) is 34.7 Å². The Bertz CT molecular complexity index is 1370. The maximum atomic E-state index is 13.7. The lowest BCUT2D eigenvalue weighted by molar-refractivity contribution is -0.209. The van der Waals surface area contributed by atoms with Crippen molar-refractivity contribution in [2.75, 3.05) is 24.5 Å². The van der Waals surface area contributed by atoms with E-state index in [0.717, 1.165) is 73.7 Å². The minimum absolute atomic E-state index is 0.225. The van der Waals surface area contributed by atoms with Crippen LogP contribution in [-0.4, -0.2) is 54.7 Å². The molecule has 4 aromatic rings. The lowest BCUT2D eigenvalue weighted by Crippen LogP contribution is -2.67. The SMILES string of the molecule is FC12CC(CNCc3ccc4nc(Cn5cc(-c6cncc(N7CCCC7)c6)nn5)cn4c3)(C1)C2. The second-order valence-electron chi connectivity index (χ2n) is 10.7. The Morgan fingerprint density at radius 3 is 2.71 bits per heavy atom. The molecule has 0 aromatic carbocycles. The molecule has 4 aromatic heterocycles. The number of pyridine rings is 2. The summed E-state index contributed by atoms with van der Waals surface area (Å²) in [6.45, 7) is 4.40. The Balaban J connectivity index is 1.01. The van der Waals surface area contributed by atoms with Crippen molar-refractivity contribution in [3.8, 4) is 11.3 Å². The molecule has 8 rings (SSSR count). The van der Waals surface area contributed by atoms with Gasteiger partial charge < -0.3 is 14.6 Å². The average Bonchev–Trinajstić information content (AvgIpc) is 3.58. The van der Waals surface area contributed by atoms with E-state index in [1.54, 1.807) is 0 Å². The molecule has 35 heavy (non-hydrogen) atoms. The van der Waals surface area contributed by atoms with Crippen LogP contribution in [0.15, 0.2) is 49.2 Å². The summed E-state index contributed by atoms with van der Waals surface area (Å²) in [4.78, 5) is 11.5. The van der Waals surface area contributed by atoms with E-state index in [1.807, 2.05) is 35.5 Å². The minimum Gasteiger partial charge on any atom is -0.370 e. The predicted octanol–water partition coefficient (Wildman–Crippen LogP) is 3.62. The lowest BCUT2D eigenvalue weighted by Gasteiger charge is -2.66. The van der Waals surface area contributed by atoms with E-state index >= 15 is 0 Å². The summed E-state index contributed by atoms with van der Waals surface area (Å²) in [6.07, 6.45) is 14.6. The van der Waals surface area contributed by atoms with Gasteiger partial charge in [0, 0.05) is 50.3 Å². The van der Waals surface area contributed by atoms with Crippen LogP contribution in [0.2, 0.25) is 0 Å². The average molecular weight is 473 g/mol. The van der Waals surface area contributed by atoms with Gasteiger partial charge in [0.1, 0.15) is 17.0 Å². The summed E-state index contributed by atoms with van der Waals surface area (Å²) in [5.41, 5.74) is 5.37. The van der Waals surface area contributed by atoms with Gasteiger partial charge in [0.2, 0.25) is 0 Å². The molecule has 1 saturated heterocycles. The number of imidazole rings is 1. The van der Waals surface area contributed by atoms with Crippen LogP contribution in [0.4, 0.5) is 10.1 Å². The van der Waals surface area contributed by atoms with Crippen LogP contribution < -0.4 is 10.2 Å². The van der Waals surface area contributed by atoms with E-state index in [1.165, 1.54) is 18.4 Å². The highest BCUT2D eigenvalue weighted by Gasteiger charge is 2.68. The number of rotatable bonds is 8. The molecule has 3 saturated carbocycles. The highest BCUT2D eigenvalue weighted by Crippen LogP contribution is 2.69. The molecule has 1 N–H and O–H groups in total. The summed E-state index contributed by atoms with van der Waals surface area (Å²) in [7, 11) is 0. The molecular weight excluding hydrogens is 443 g/mol. The number of hydrogen-bond donors (Lipinski definition) is 1. The Morgan fingerprint density at radius 2 is 1.89 bits per heavy atom. The molecule has 3 aliphatic carbocycles. The molecule has 0 radical (unpaired) electrons. The summed E-state index contributed by atoms with van der Waals surface area (Å²) >= 11 is 0. The van der Waals surface area contributed by atoms with E-state index in [4.69, 9.17) is 4.98 Å². The van der Waals surface area contributed by atoms with Crippen molar-refractivity contribution in [3.63, 3.8) is 0 Å². The highest BCUT2D eigenvalue weighted by molar-refractivity contribution is 5.63. The molecule has 4 aliphatic rings. The quantitative estimate of drug-likeness (QED) is 0.422. The van der Waals surface area contributed by atoms with Crippen LogP contribution >= 0.6 is 0 Å². The van der Waals surface area contributed by atoms with Crippen molar-refractivity contribution in [3.05, 3.63) is 60.4 Å². The van der Waals surface area contributed by atoms with E-state index in [0.29, 0.717) is 6.54 Å². The summed E-state index contributed by atoms with van der Waals surface area (Å²) < 4.78 is 17.6. The Morgan fingerprint density at radius 1 is 1.03 bits per heavy atom. The fourth-order valence-corrected chi connectivity index (χ4v) is 6.18. The van der Waals surface area contributed by atoms with Gasteiger partial charge in [-0.05, 0) is 55.2 Å². The molecule has 0 spiro atoms. The highest BCUT2D eigenvalue weighted by atomic mass is 19.1. The Kier molecular flexibility index (Phi) is 4.70. The lowest BCUT2D eigenvalue weighted by atomic mass is 9.42. The van der Waals surface area contributed by atoms with Gasteiger partial charge in [-0.2, -0.15) is 0 Å². The van der Waals surface area contributed by atoms with Crippen molar-refractivity contribution in [1.29, 1.82) is 0 Å². The summed E-state index contributed by atoms with van der Waals surface area (Å²) in [5.74, 6) is 0. The first-order chi connectivity index (χ1) is 17.0. The van der Waals surface area contributed by atoms with Gasteiger partial charge in [0.15, 0.2) is 0 Å². The van der Waals surface area contributed by atoms with Gasteiger partial charge in [-0.3, -0.25) is 4.98 Å². The largest absolute Gasteiger partial charge is 0.370 e. The smallest absolute Gasteiger partial charge is 0.137 e. The predicted molar refractivity (Wildman–Crippen MR) is 131 cm³/mol. The number of alkyl halides is 1. The van der Waals surface area contributed by atoms with Crippen LogP contribution in [-0.2, 0) is 13.1 Å². The third kappa shape index (κ3) is 3.87. The molecule has 5 heterocycles. The van der Waals surface area contributed by atoms with Gasteiger partial charge in [0.05, 0.1) is 30.3 Å². The summed E-state index contributed by atoms with van der Waals surface area (Å²) in [6, 6.07) is 6.29. The molecule has 0 unspecified atom stereocenters. The Labute approximate surface area is 203 Å². The summed E-state index contributed by atoms with van der Waals surface area (Å²) in [5, 5.41) is 12.2. The maximum absolute atomic E-state index is 13.7. The first-order valence-corrected chi connectivity index (χ1v) is 12.5. The fraction of sp³-hybridized carbons (Fsp3) is 0.462. The number of fused-ring (bicyclic) bond motifs is 1. The van der Waals surface area contributed by atoms with E-state index < -0.39 is 5.67 Å². The van der Waals surface area contributed by atoms with Crippen molar-refractivity contribution in [2.45, 2.75) is 50.9 Å². The molecule has 1 aliphatic heterocycles. The third-order valence-electron chi connectivity index (χ3n) is 7.82. The number of hydrogen-bond acceptors (Lipinski definition) is 6. The van der Waals surface area contributed by atoms with E-state index in [9.17, 15) is 4.39 Å². The molecule has 9 heteroatoms. The van der Waals surface area contributed by atoms with Gasteiger partial charge in [-0.1, -0.05) is 11.3 Å². The van der Waals surface area contributed by atoms with Gasteiger partial charge in [0.25, 0.3) is 0 Å². The molecule has 180 valence electrons. The number of nitrogens with zero attached hydrogens (tertiary/aromatic N) is 7. The van der Waals surface area contributed by atoms with E-state index in [2.05, 4.69) is 48.2 Å². The van der Waals surface area contributed by atoms with Crippen molar-refractivity contribution in [2.24, 2.45) is 5.41 Å². The first kappa shape index (κ1) is 21.0. The van der Waals surface area contributed by atoms with Gasteiger partial charge >= 0.3 is 0 Å². The number of aromatic nitrogens is 6. The van der Waals surface area contributed by atoms with Gasteiger partial charge in [-0.15, -0.1) is 5.10 Å². The number of nitrogens with one attached hydrogen (secondary N) is 1. The second kappa shape index (κ2) is 7.84. The van der Waals surface area contributed by atoms with E-state index in [-0.39, 0.29) is 5.41 Å². The molecule has 4 fully saturated rings. The fourth-order valence-electron chi connectivity index (χ4n) is 6.18. The molecule has 0 amide bonds. The number of halogens is 1. The topological polar surface area (TPSA) is 76.2 Å². The zero-order valence-electron chi connectivity index (χ0n) is 19.7. The standard InChI is InChI=1S/C26H29FN8/c27-26-15-25(16-26,17-26)18-29-8-19-3-4-24-30-21(12-34(24)11-19)13-35-14-23(31-32-35)20-7-22(10-28-9-20)33-5-1-2-6-33/h3-4,7,9-12,14,29H,1-2,5-6,8,13,15-18H2. The van der Waals surface area contributed by atoms with Crippen molar-refractivity contribution < 1.29 is 4.39 Å². The van der Waals surface area contributed by atoms with Gasteiger partial charge in [-0.25, -0.2) is 14.1 Å². The zero-order chi connectivity index (χ0) is 23.5. The van der Waals surface area contributed by atoms with Crippen LogP contribution in [0.3, 0.4) is 0 Å². The molecule has 8 nitrogen and oxygen atoms in total. The van der Waals surface area contributed by atoms with Crippen LogP contribution in [0.1, 0.15) is 43.4 Å². The molecule has 2 bridgehead atoms. The maximum Gasteiger partial charge on any atom is 0.137 e. The minimum atomic E-state index is -0.826. The van der Waals surface area contributed by atoms with Crippen molar-refractivity contribution >= 4 is 11.3 Å². The molecular formula is C26H29FN8. The van der Waals surface area contributed by atoms with Crippen LogP contribution in [0.5, 0.6) is 0 Å². The third-order valence-corrected chi connectivity index (χ3v) is 7.82. The second-order valence-corrected chi connectivity index (χ2v) is 10.7. The van der Waals surface area contributed by atoms with Crippen LogP contribution in [0.25, 0.3) is 16.9 Å². The zero-order valence-corrected chi connectivity index (χ0v) is 19.7. The molecule has 0 atom stereocenters. The first-order valence-electron chi connectivity index (χ1n) is 12.5. The number of anilines is 1. The Hall–Kier alpha value is -3.33. The monoisotopic (exact) mass is 472 g/mol.